The number of phenolic OH excluding ortho intramolecular Hbond substituents is 2. The highest BCUT2D eigenvalue weighted by atomic mass is 31.2. The molecule has 168 valence electrons. The Bertz CT molecular complexity index is 843. The number of aromatic hydroxyl groups is 2. The van der Waals surface area contributed by atoms with Crippen molar-refractivity contribution in [2.75, 3.05) is 0 Å². The smallest absolute Gasteiger partial charge is 0.324 e. The van der Waals surface area contributed by atoms with Gasteiger partial charge in [-0.05, 0) is 60.8 Å². The lowest BCUT2D eigenvalue weighted by Crippen LogP contribution is -2.14. The van der Waals surface area contributed by atoms with Gasteiger partial charge in [0.05, 0.1) is 0 Å². The van der Waals surface area contributed by atoms with Crippen molar-refractivity contribution in [3.8, 4) is 22.6 Å². The van der Waals surface area contributed by atoms with Gasteiger partial charge in [0, 0.05) is 22.3 Å². The third kappa shape index (κ3) is 5.73. The molecule has 0 unspecified atom stereocenters. The van der Waals surface area contributed by atoms with Crippen LogP contribution in [0.1, 0.15) is 74.9 Å². The zero-order valence-corrected chi connectivity index (χ0v) is 20.7. The second kappa shape index (κ2) is 9.23. The Morgan fingerprint density at radius 3 is 1.03 bits per heavy atom. The van der Waals surface area contributed by atoms with Crippen molar-refractivity contribution < 1.29 is 24.9 Å². The van der Waals surface area contributed by atoms with Crippen molar-refractivity contribution in [3.63, 3.8) is 0 Å². The van der Waals surface area contributed by atoms with E-state index < -0.39 is 8.60 Å². The Morgan fingerprint density at radius 1 is 0.600 bits per heavy atom. The number of phenols is 2. The number of rotatable bonds is 1. The topological polar surface area (TPSA) is 101 Å². The fraction of sp³-hybridized carbons (Fsp3) is 0.500. The molecule has 0 amide bonds. The van der Waals surface area contributed by atoms with Crippen molar-refractivity contribution in [2.24, 2.45) is 0 Å². The van der Waals surface area contributed by atoms with Crippen LogP contribution in [-0.2, 0) is 10.8 Å². The van der Waals surface area contributed by atoms with Gasteiger partial charge >= 0.3 is 8.60 Å². The maximum absolute atomic E-state index is 11.2. The van der Waals surface area contributed by atoms with Crippen LogP contribution in [0.25, 0.3) is 11.1 Å². The lowest BCUT2D eigenvalue weighted by atomic mass is 9.78. The Labute approximate surface area is 182 Å². The van der Waals surface area contributed by atoms with Crippen LogP contribution in [0.2, 0.25) is 0 Å². The quantitative estimate of drug-likeness (QED) is 0.365. The summed E-state index contributed by atoms with van der Waals surface area (Å²) in [4.78, 5) is 21.7. The van der Waals surface area contributed by atoms with Gasteiger partial charge in [-0.2, -0.15) is 0 Å². The van der Waals surface area contributed by atoms with Crippen LogP contribution < -0.4 is 0 Å². The lowest BCUT2D eigenvalue weighted by molar-refractivity contribution is 0.368. The van der Waals surface area contributed by atoms with E-state index in [0.29, 0.717) is 0 Å². The molecule has 2 aromatic carbocycles. The van der Waals surface area contributed by atoms with Gasteiger partial charge in [-0.25, -0.2) is 0 Å². The predicted molar refractivity (Wildman–Crippen MR) is 125 cm³/mol. The molecule has 0 aromatic heterocycles. The minimum Gasteiger partial charge on any atom is -0.507 e. The highest BCUT2D eigenvalue weighted by molar-refractivity contribution is 7.38. The molecule has 30 heavy (non-hydrogen) atoms. The number of hydrogen-bond donors (Lipinski definition) is 5. The molecule has 0 saturated heterocycles. The average Bonchev–Trinajstić information content (AvgIpc) is 2.54. The number of benzene rings is 2. The molecular weight excluding hydrogens is 399 g/mol. The molecule has 5 N–H and O–H groups in total. The molecule has 0 radical (unpaired) electrons. The third-order valence-electron chi connectivity index (χ3n) is 5.50. The van der Waals surface area contributed by atoms with Crippen LogP contribution in [0.4, 0.5) is 0 Å². The first kappa shape index (κ1) is 26.4. The summed E-state index contributed by atoms with van der Waals surface area (Å²) >= 11 is 0. The number of hydrogen-bond acceptors (Lipinski definition) is 5. The summed E-state index contributed by atoms with van der Waals surface area (Å²) in [7, 11) is -2.62. The monoisotopic (exact) mass is 436 g/mol. The normalized spacial score (nSPS) is 12.1. The molecule has 2 rings (SSSR count). The second-order valence-electron chi connectivity index (χ2n) is 9.95. The SMILES string of the molecule is Cc1cc(C(C)(C)C)c(O)c(-c2c(C)c(C)cc(C(C)(C)C)c2O)c1C.OP(O)O. The van der Waals surface area contributed by atoms with E-state index in [0.717, 1.165) is 44.5 Å². The third-order valence-corrected chi connectivity index (χ3v) is 5.50. The minimum absolute atomic E-state index is 0.183. The van der Waals surface area contributed by atoms with Gasteiger partial charge in [0.1, 0.15) is 11.5 Å². The first-order chi connectivity index (χ1) is 13.4. The fourth-order valence-electron chi connectivity index (χ4n) is 3.56. The Hall–Kier alpha value is -1.65. The first-order valence-corrected chi connectivity index (χ1v) is 11.2. The van der Waals surface area contributed by atoms with Crippen molar-refractivity contribution in [3.05, 3.63) is 45.5 Å². The van der Waals surface area contributed by atoms with Gasteiger partial charge in [0.2, 0.25) is 0 Å². The fourth-order valence-corrected chi connectivity index (χ4v) is 3.56. The zero-order valence-electron chi connectivity index (χ0n) is 19.8. The molecule has 5 nitrogen and oxygen atoms in total. The first-order valence-electron chi connectivity index (χ1n) is 9.95. The van der Waals surface area contributed by atoms with Crippen LogP contribution in [0.3, 0.4) is 0 Å². The molecule has 0 bridgehead atoms. The summed E-state index contributed by atoms with van der Waals surface area (Å²) in [5, 5.41) is 22.4. The highest BCUT2D eigenvalue weighted by Gasteiger charge is 2.28. The molecule has 0 aliphatic heterocycles. The van der Waals surface area contributed by atoms with Crippen molar-refractivity contribution in [1.82, 2.24) is 0 Å². The summed E-state index contributed by atoms with van der Waals surface area (Å²) in [5.74, 6) is 0.564. The maximum atomic E-state index is 11.2. The van der Waals surface area contributed by atoms with E-state index in [1.165, 1.54) is 0 Å². The molecule has 0 atom stereocenters. The van der Waals surface area contributed by atoms with Gasteiger partial charge < -0.3 is 24.9 Å². The van der Waals surface area contributed by atoms with Crippen LogP contribution in [-0.4, -0.2) is 24.9 Å². The summed E-state index contributed by atoms with van der Waals surface area (Å²) in [6.45, 7) is 20.8. The Balaban J connectivity index is 0.00000103. The van der Waals surface area contributed by atoms with Gasteiger partial charge in [0.25, 0.3) is 0 Å². The maximum Gasteiger partial charge on any atom is 0.324 e. The molecule has 0 aliphatic rings. The molecule has 0 saturated carbocycles. The zero-order chi connectivity index (χ0) is 23.8. The van der Waals surface area contributed by atoms with Crippen LogP contribution >= 0.6 is 8.60 Å². The average molecular weight is 437 g/mol. The van der Waals surface area contributed by atoms with Gasteiger partial charge in [-0.15, -0.1) is 0 Å². The number of aryl methyl sites for hydroxylation is 2. The van der Waals surface area contributed by atoms with Crippen LogP contribution in [0, 0.1) is 27.7 Å². The Kier molecular flexibility index (Phi) is 8.12. The summed E-state index contributed by atoms with van der Waals surface area (Å²) in [5.41, 5.74) is 7.26. The molecule has 0 heterocycles. The standard InChI is InChI=1S/C24H34O2.H3O3P/c1-13-11-17(23(5,6)7)21(25)19(15(13)3)20-16(4)14(2)12-18(22(20)26)24(8,9)10;1-4(2)3/h11-12,25-26H,1-10H3;1-3H. The van der Waals surface area contributed by atoms with E-state index in [2.05, 4.69) is 67.5 Å². The minimum atomic E-state index is -2.62. The lowest BCUT2D eigenvalue weighted by Gasteiger charge is -2.28. The molecule has 0 fully saturated rings. The molecule has 6 heteroatoms. The van der Waals surface area contributed by atoms with Crippen molar-refractivity contribution in [1.29, 1.82) is 0 Å². The largest absolute Gasteiger partial charge is 0.507 e. The molecular formula is C24H37O5P. The van der Waals surface area contributed by atoms with Crippen molar-refractivity contribution in [2.45, 2.75) is 80.1 Å². The summed E-state index contributed by atoms with van der Waals surface area (Å²) in [6.07, 6.45) is 0. The second-order valence-corrected chi connectivity index (χ2v) is 10.5. The summed E-state index contributed by atoms with van der Waals surface area (Å²) in [6, 6.07) is 4.14. The van der Waals surface area contributed by atoms with E-state index >= 15 is 0 Å². The summed E-state index contributed by atoms with van der Waals surface area (Å²) < 4.78 is 0. The van der Waals surface area contributed by atoms with E-state index in [4.69, 9.17) is 14.7 Å². The van der Waals surface area contributed by atoms with Crippen LogP contribution in [0.15, 0.2) is 12.1 Å². The van der Waals surface area contributed by atoms with E-state index in [9.17, 15) is 10.2 Å². The molecule has 2 aromatic rings. The van der Waals surface area contributed by atoms with Crippen LogP contribution in [0.5, 0.6) is 11.5 Å². The molecule has 0 aliphatic carbocycles. The molecule has 0 spiro atoms. The Morgan fingerprint density at radius 2 is 0.833 bits per heavy atom. The van der Waals surface area contributed by atoms with E-state index in [1.54, 1.807) is 0 Å². The van der Waals surface area contributed by atoms with Gasteiger partial charge in [0.15, 0.2) is 0 Å². The predicted octanol–water partition coefficient (Wildman–Crippen LogP) is 5.78. The highest BCUT2D eigenvalue weighted by Crippen LogP contribution is 2.49. The van der Waals surface area contributed by atoms with E-state index in [1.807, 2.05) is 13.8 Å². The van der Waals surface area contributed by atoms with Gasteiger partial charge in [-0.1, -0.05) is 53.7 Å². The van der Waals surface area contributed by atoms with Crippen molar-refractivity contribution >= 4 is 8.60 Å². The van der Waals surface area contributed by atoms with Gasteiger partial charge in [-0.3, -0.25) is 0 Å². The van der Waals surface area contributed by atoms with E-state index in [-0.39, 0.29) is 22.3 Å².